The van der Waals surface area contributed by atoms with Crippen LogP contribution in [0.5, 0.6) is 0 Å². The van der Waals surface area contributed by atoms with Gasteiger partial charge in [0.2, 0.25) is 5.67 Å². The molecule has 33 heavy (non-hydrogen) atoms. The zero-order valence-electron chi connectivity index (χ0n) is 16.1. The van der Waals surface area contributed by atoms with Gasteiger partial charge in [-0.1, -0.05) is 13.2 Å². The van der Waals surface area contributed by atoms with Crippen molar-refractivity contribution in [2.24, 2.45) is 0 Å². The van der Waals surface area contributed by atoms with E-state index in [4.69, 9.17) is 19.4 Å². The van der Waals surface area contributed by atoms with Gasteiger partial charge in [-0.05, 0) is 0 Å². The number of hydrogen-bond donors (Lipinski definition) is 6. The highest BCUT2D eigenvalue weighted by Crippen LogP contribution is 2.66. The van der Waals surface area contributed by atoms with Crippen molar-refractivity contribution in [1.29, 1.82) is 0 Å². The van der Waals surface area contributed by atoms with Gasteiger partial charge in [-0.3, -0.25) is 9.32 Å². The molecule has 2 unspecified atom stereocenters. The highest BCUT2D eigenvalue weighted by molar-refractivity contribution is 7.66. The van der Waals surface area contributed by atoms with Crippen LogP contribution in [0.3, 0.4) is 0 Å². The number of alkyl halides is 2. The Morgan fingerprint density at radius 3 is 2.36 bits per heavy atom. The highest BCUT2D eigenvalue weighted by Gasteiger charge is 2.67. The van der Waals surface area contributed by atoms with Crippen LogP contribution in [-0.4, -0.2) is 65.9 Å². The van der Waals surface area contributed by atoms with Crippen molar-refractivity contribution in [2.75, 3.05) is 6.61 Å². The van der Waals surface area contributed by atoms with Gasteiger partial charge in [0.25, 0.3) is 11.8 Å². The minimum atomic E-state index is -5.91. The molecular weight excluding hydrogens is 523 g/mol. The van der Waals surface area contributed by atoms with E-state index in [9.17, 15) is 28.5 Å². The molecule has 1 amide bonds. The van der Waals surface area contributed by atoms with Gasteiger partial charge >= 0.3 is 23.5 Å². The Labute approximate surface area is 183 Å². The second-order valence-electron chi connectivity index (χ2n) is 6.36. The first-order valence-corrected chi connectivity index (χ1v) is 12.7. The van der Waals surface area contributed by atoms with Crippen molar-refractivity contribution in [2.45, 2.75) is 23.9 Å². The average Bonchev–Trinajstić information content (AvgIpc) is 2.80. The third-order valence-electron chi connectivity index (χ3n) is 3.90. The minimum absolute atomic E-state index is 0.309. The fraction of sp³-hybridized carbons (Fsp3) is 0.385. The summed E-state index contributed by atoms with van der Waals surface area (Å²) in [5, 5.41) is 12.4. The Morgan fingerprint density at radius 1 is 1.24 bits per heavy atom. The summed E-state index contributed by atoms with van der Waals surface area (Å²) >= 11 is 0. The fourth-order valence-corrected chi connectivity index (χ4v) is 5.71. The molecule has 2 heterocycles. The monoisotopic (exact) mass is 540 g/mol. The summed E-state index contributed by atoms with van der Waals surface area (Å²) in [6.45, 7) is 4.70. The lowest BCUT2D eigenvalue weighted by Gasteiger charge is -2.35. The summed E-state index contributed by atoms with van der Waals surface area (Å²) in [6, 6.07) is 0. The van der Waals surface area contributed by atoms with E-state index < -0.39 is 59.8 Å². The van der Waals surface area contributed by atoms with E-state index in [-0.39, 0.29) is 5.82 Å². The molecule has 0 saturated carbocycles. The molecule has 2 aliphatic rings. The summed E-state index contributed by atoms with van der Waals surface area (Å²) in [7, 11) is -17.4. The third kappa shape index (κ3) is 6.53. The molecule has 0 aliphatic carbocycles. The molecular formula is C13H17F2N2O13P3. The third-order valence-corrected chi connectivity index (χ3v) is 7.68. The Balaban J connectivity index is 2.27. The Hall–Kier alpha value is -1.54. The lowest BCUT2D eigenvalue weighted by Crippen LogP contribution is -2.52. The van der Waals surface area contributed by atoms with Crippen LogP contribution in [0.15, 0.2) is 43.1 Å². The van der Waals surface area contributed by atoms with Gasteiger partial charge in [0.1, 0.15) is 12.4 Å². The predicted octanol–water partition coefficient (Wildman–Crippen LogP) is 0.179. The molecule has 1 saturated heterocycles. The Morgan fingerprint density at radius 2 is 1.85 bits per heavy atom. The first-order valence-electron chi connectivity index (χ1n) is 8.20. The normalized spacial score (nSPS) is 33.7. The van der Waals surface area contributed by atoms with Crippen LogP contribution in [0.4, 0.5) is 8.78 Å². The maximum absolute atomic E-state index is 15.6. The van der Waals surface area contributed by atoms with Crippen molar-refractivity contribution < 1.29 is 69.8 Å². The number of phosphoric ester groups is 1. The van der Waals surface area contributed by atoms with Gasteiger partial charge < -0.3 is 39.6 Å². The summed E-state index contributed by atoms with van der Waals surface area (Å²) < 4.78 is 80.5. The molecule has 0 bridgehead atoms. The zero-order chi connectivity index (χ0) is 25.5. The van der Waals surface area contributed by atoms with Gasteiger partial charge in [0.05, 0.1) is 0 Å². The van der Waals surface area contributed by atoms with Crippen LogP contribution in [0.2, 0.25) is 0 Å². The number of halogens is 2. The van der Waals surface area contributed by atoms with Gasteiger partial charge in [0, 0.05) is 18.4 Å². The average molecular weight is 540 g/mol. The molecule has 0 spiro atoms. The largest absolute Gasteiger partial charge is 0.490 e. The molecule has 6 N–H and O–H groups in total. The van der Waals surface area contributed by atoms with Crippen molar-refractivity contribution in [3.8, 4) is 0 Å². The minimum Gasteiger partial charge on any atom is -0.383 e. The summed E-state index contributed by atoms with van der Waals surface area (Å²) in [5.74, 6) is -4.62. The smallest absolute Gasteiger partial charge is 0.383 e. The van der Waals surface area contributed by atoms with Gasteiger partial charge in [-0.2, -0.15) is 8.62 Å². The number of ether oxygens (including phenoxy) is 1. The number of phosphoric acid groups is 3. The van der Waals surface area contributed by atoms with E-state index in [0.29, 0.717) is 6.08 Å². The number of aliphatic hydroxyl groups excluding tert-OH is 1. The molecule has 20 heteroatoms. The van der Waals surface area contributed by atoms with Crippen LogP contribution >= 0.6 is 23.5 Å². The molecule has 6 atom stereocenters. The van der Waals surface area contributed by atoms with Gasteiger partial charge in [-0.15, -0.1) is 5.73 Å². The number of nitrogens with zero attached hydrogens (tertiary/aromatic N) is 1. The van der Waals surface area contributed by atoms with E-state index in [2.05, 4.69) is 31.6 Å². The summed E-state index contributed by atoms with van der Waals surface area (Å²) in [5.41, 5.74) is -1.19. The van der Waals surface area contributed by atoms with Gasteiger partial charge in [0.15, 0.2) is 12.3 Å². The number of rotatable bonds is 9. The molecule has 0 aromatic carbocycles. The number of nitrogens with one attached hydrogen (secondary N) is 1. The molecule has 0 radical (unpaired) electrons. The predicted molar refractivity (Wildman–Crippen MR) is 100 cm³/mol. The van der Waals surface area contributed by atoms with Crippen LogP contribution in [0.25, 0.3) is 0 Å². The molecule has 1 fully saturated rings. The maximum atomic E-state index is 15.6. The molecule has 0 aromatic heterocycles. The zero-order valence-corrected chi connectivity index (χ0v) is 18.7. The van der Waals surface area contributed by atoms with Crippen molar-refractivity contribution in [1.82, 2.24) is 10.2 Å². The number of amides is 1. The number of carbonyl (C=O) groups is 1. The molecule has 2 aliphatic heterocycles. The topological polar surface area (TPSA) is 222 Å². The highest BCUT2D eigenvalue weighted by atomic mass is 31.3. The Bertz CT molecular complexity index is 1060. The molecule has 186 valence electrons. The van der Waals surface area contributed by atoms with E-state index in [1.54, 1.807) is 0 Å². The number of aliphatic hydroxyl groups is 1. The number of hydrogen-bond acceptors (Lipinski definition) is 10. The number of carbonyl (C=O) groups excluding carboxylic acids is 1. The summed E-state index contributed by atoms with van der Waals surface area (Å²) in [4.78, 5) is 47.6. The van der Waals surface area contributed by atoms with E-state index in [1.165, 1.54) is 0 Å². The quantitative estimate of drug-likeness (QED) is 0.170. The Kier molecular flexibility index (Phi) is 7.77. The second-order valence-corrected chi connectivity index (χ2v) is 10.8. The first kappa shape index (κ1) is 27.7. The van der Waals surface area contributed by atoms with Crippen LogP contribution in [-0.2, 0) is 36.4 Å². The fourth-order valence-electron chi connectivity index (χ4n) is 2.67. The van der Waals surface area contributed by atoms with Crippen LogP contribution < -0.4 is 5.32 Å². The second kappa shape index (κ2) is 9.25. The van der Waals surface area contributed by atoms with Crippen molar-refractivity contribution >= 4 is 29.4 Å². The lowest BCUT2D eigenvalue weighted by molar-refractivity contribution is -0.207. The molecule has 2 rings (SSSR count). The maximum Gasteiger partial charge on any atom is 0.490 e. The standard InChI is InChI=1S/C13H17F2N2O13P3/c1-3-5-12(14)10(19)13(15,28-11(12)17-6-4-9(18)16-8(17)2)7-27-32(23,24)30-33(25,26)29-31(20,21)22/h4-6,10-11,19H,1-2,7H2,(H,16,18)(H,23,24)(H,25,26)(H2,20,21,22)/t10-,11+,12+,13+/m0/s1. The van der Waals surface area contributed by atoms with E-state index in [0.717, 1.165) is 17.2 Å². The van der Waals surface area contributed by atoms with Crippen LogP contribution in [0.1, 0.15) is 0 Å². The van der Waals surface area contributed by atoms with Crippen molar-refractivity contribution in [3.05, 3.63) is 43.1 Å². The SMILES string of the molecule is C=C=C[C@]1(F)[C@H](N2C=CC(=O)NC2=C)O[C@](F)(COP(=O)(O)OP(=O)(O)OP(=O)(O)O)[C@H]1O. The lowest BCUT2D eigenvalue weighted by atomic mass is 9.94. The van der Waals surface area contributed by atoms with E-state index in [1.807, 2.05) is 5.73 Å². The first-order chi connectivity index (χ1) is 14.8. The van der Waals surface area contributed by atoms with Crippen molar-refractivity contribution in [3.63, 3.8) is 0 Å². The summed E-state index contributed by atoms with van der Waals surface area (Å²) in [6.07, 6.45) is -2.65. The molecule has 0 aromatic rings. The van der Waals surface area contributed by atoms with E-state index >= 15 is 8.78 Å². The van der Waals surface area contributed by atoms with Gasteiger partial charge in [-0.25, -0.2) is 22.5 Å². The van der Waals surface area contributed by atoms with Crippen LogP contribution in [0, 0.1) is 0 Å². The molecule has 15 nitrogen and oxygen atoms in total.